The van der Waals surface area contributed by atoms with Crippen molar-refractivity contribution in [3.63, 3.8) is 0 Å². The van der Waals surface area contributed by atoms with Crippen LogP contribution in [0, 0.1) is 0 Å². The van der Waals surface area contributed by atoms with E-state index in [1.165, 1.54) is 7.11 Å². The van der Waals surface area contributed by atoms with Crippen molar-refractivity contribution in [1.29, 1.82) is 0 Å². The van der Waals surface area contributed by atoms with E-state index in [0.29, 0.717) is 30.2 Å². The summed E-state index contributed by atoms with van der Waals surface area (Å²) in [6, 6.07) is 5.66. The summed E-state index contributed by atoms with van der Waals surface area (Å²) in [6.45, 7) is 0. The zero-order chi connectivity index (χ0) is 20.1. The van der Waals surface area contributed by atoms with E-state index in [2.05, 4.69) is 9.97 Å². The first-order valence-corrected chi connectivity index (χ1v) is 9.56. The third-order valence-corrected chi connectivity index (χ3v) is 5.88. The van der Waals surface area contributed by atoms with Crippen LogP contribution in [-0.4, -0.2) is 42.3 Å². The number of methoxy groups -OCH3 is 2. The van der Waals surface area contributed by atoms with Crippen molar-refractivity contribution in [1.82, 2.24) is 9.97 Å². The second kappa shape index (κ2) is 6.90. The molecule has 0 aliphatic heterocycles. The zero-order valence-corrected chi connectivity index (χ0v) is 16.8. The fourth-order valence-corrected chi connectivity index (χ4v) is 3.96. The molecular formula is C20H22ClN3O4. The highest BCUT2D eigenvalue weighted by atomic mass is 35.5. The SMILES string of the molecule is COC(=O)c1nc(C2CC2)nc(N(C)C2(O)CCc3ccc(OC)cc32)c1Cl. The molecule has 0 saturated heterocycles. The Hall–Kier alpha value is -2.38. The van der Waals surface area contributed by atoms with Crippen molar-refractivity contribution >= 4 is 23.4 Å². The minimum atomic E-state index is -1.32. The van der Waals surface area contributed by atoms with Gasteiger partial charge in [-0.3, -0.25) is 0 Å². The minimum Gasteiger partial charge on any atom is -0.497 e. The number of rotatable bonds is 5. The van der Waals surface area contributed by atoms with Crippen molar-refractivity contribution in [2.75, 3.05) is 26.2 Å². The molecule has 0 amide bonds. The number of carbonyl (C=O) groups excluding carboxylic acids is 1. The summed E-state index contributed by atoms with van der Waals surface area (Å²) in [5.41, 5.74) is 0.485. The van der Waals surface area contributed by atoms with E-state index in [-0.39, 0.29) is 16.6 Å². The Morgan fingerprint density at radius 3 is 2.71 bits per heavy atom. The molecule has 2 aliphatic carbocycles. The summed E-state index contributed by atoms with van der Waals surface area (Å²) in [7, 11) is 4.60. The number of hydrogen-bond donors (Lipinski definition) is 1. The van der Waals surface area contributed by atoms with Gasteiger partial charge in [-0.05, 0) is 37.0 Å². The molecule has 4 rings (SSSR count). The Kier molecular flexibility index (Phi) is 4.67. The van der Waals surface area contributed by atoms with Gasteiger partial charge >= 0.3 is 5.97 Å². The normalized spacial score (nSPS) is 20.6. The van der Waals surface area contributed by atoms with Gasteiger partial charge in [-0.15, -0.1) is 0 Å². The maximum Gasteiger partial charge on any atom is 0.358 e. The van der Waals surface area contributed by atoms with Gasteiger partial charge in [-0.25, -0.2) is 14.8 Å². The number of fused-ring (bicyclic) bond motifs is 1. The summed E-state index contributed by atoms with van der Waals surface area (Å²) in [5, 5.41) is 11.6. The second-order valence-corrected chi connectivity index (χ2v) is 7.61. The lowest BCUT2D eigenvalue weighted by Gasteiger charge is -2.36. The first-order chi connectivity index (χ1) is 13.4. The van der Waals surface area contributed by atoms with Gasteiger partial charge in [0.2, 0.25) is 0 Å². The zero-order valence-electron chi connectivity index (χ0n) is 16.0. The molecule has 1 atom stereocenters. The molecule has 148 valence electrons. The monoisotopic (exact) mass is 403 g/mol. The summed E-state index contributed by atoms with van der Waals surface area (Å²) < 4.78 is 10.2. The van der Waals surface area contributed by atoms with Gasteiger partial charge in [-0.2, -0.15) is 0 Å². The topological polar surface area (TPSA) is 84.8 Å². The number of ether oxygens (including phenoxy) is 2. The van der Waals surface area contributed by atoms with Gasteiger partial charge in [0.1, 0.15) is 16.6 Å². The summed E-state index contributed by atoms with van der Waals surface area (Å²) in [6.07, 6.45) is 3.12. The Morgan fingerprint density at radius 1 is 1.32 bits per heavy atom. The van der Waals surface area contributed by atoms with Crippen LogP contribution in [0.3, 0.4) is 0 Å². The van der Waals surface area contributed by atoms with Gasteiger partial charge in [0, 0.05) is 24.9 Å². The maximum atomic E-state index is 12.2. The van der Waals surface area contributed by atoms with E-state index in [1.54, 1.807) is 19.1 Å². The number of aryl methyl sites for hydroxylation is 1. The molecule has 8 heteroatoms. The highest BCUT2D eigenvalue weighted by molar-refractivity contribution is 6.35. The van der Waals surface area contributed by atoms with Crippen LogP contribution in [0.1, 0.15) is 52.6 Å². The molecule has 2 aliphatic rings. The van der Waals surface area contributed by atoms with Gasteiger partial charge in [0.05, 0.1) is 14.2 Å². The Labute approximate surface area is 168 Å². The molecule has 1 unspecified atom stereocenters. The van der Waals surface area contributed by atoms with E-state index in [1.807, 2.05) is 18.2 Å². The molecule has 0 bridgehead atoms. The van der Waals surface area contributed by atoms with Gasteiger partial charge < -0.3 is 19.5 Å². The summed E-state index contributed by atoms with van der Waals surface area (Å²) in [4.78, 5) is 22.7. The predicted octanol–water partition coefficient (Wildman–Crippen LogP) is 3.03. The summed E-state index contributed by atoms with van der Waals surface area (Å²) >= 11 is 6.50. The summed E-state index contributed by atoms with van der Waals surface area (Å²) in [5.74, 6) is 1.12. The quantitative estimate of drug-likeness (QED) is 0.606. The highest BCUT2D eigenvalue weighted by Crippen LogP contribution is 2.45. The molecule has 1 aromatic carbocycles. The lowest BCUT2D eigenvalue weighted by molar-refractivity contribution is 0.0387. The van der Waals surface area contributed by atoms with E-state index in [9.17, 15) is 9.90 Å². The highest BCUT2D eigenvalue weighted by Gasteiger charge is 2.43. The number of aliphatic hydroxyl groups is 1. The number of hydrogen-bond acceptors (Lipinski definition) is 7. The number of benzene rings is 1. The van der Waals surface area contributed by atoms with Crippen molar-refractivity contribution in [2.24, 2.45) is 0 Å². The third kappa shape index (κ3) is 2.99. The number of carbonyl (C=O) groups is 1. The van der Waals surface area contributed by atoms with Crippen molar-refractivity contribution < 1.29 is 19.4 Å². The maximum absolute atomic E-state index is 12.2. The van der Waals surface area contributed by atoms with Crippen LogP contribution in [0.15, 0.2) is 18.2 Å². The van der Waals surface area contributed by atoms with Crippen LogP contribution in [0.5, 0.6) is 5.75 Å². The van der Waals surface area contributed by atoms with Gasteiger partial charge in [-0.1, -0.05) is 17.7 Å². The molecule has 28 heavy (non-hydrogen) atoms. The number of aromatic nitrogens is 2. The molecule has 1 N–H and O–H groups in total. The largest absolute Gasteiger partial charge is 0.497 e. The fourth-order valence-electron chi connectivity index (χ4n) is 3.67. The fraction of sp³-hybridized carbons (Fsp3) is 0.450. The smallest absolute Gasteiger partial charge is 0.358 e. The van der Waals surface area contributed by atoms with E-state index < -0.39 is 11.7 Å². The van der Waals surface area contributed by atoms with E-state index in [4.69, 9.17) is 21.1 Å². The van der Waals surface area contributed by atoms with Crippen molar-refractivity contribution in [2.45, 2.75) is 37.3 Å². The molecule has 1 saturated carbocycles. The molecule has 1 aromatic heterocycles. The van der Waals surface area contributed by atoms with Crippen LogP contribution < -0.4 is 9.64 Å². The molecule has 1 fully saturated rings. The second-order valence-electron chi connectivity index (χ2n) is 7.23. The molecule has 7 nitrogen and oxygen atoms in total. The minimum absolute atomic E-state index is 0.0235. The molecule has 0 radical (unpaired) electrons. The van der Waals surface area contributed by atoms with Gasteiger partial charge in [0.15, 0.2) is 17.2 Å². The molecular weight excluding hydrogens is 382 g/mol. The first-order valence-electron chi connectivity index (χ1n) is 9.18. The third-order valence-electron chi connectivity index (χ3n) is 5.54. The predicted molar refractivity (Wildman–Crippen MR) is 104 cm³/mol. The molecule has 2 aromatic rings. The first kappa shape index (κ1) is 19.0. The van der Waals surface area contributed by atoms with Crippen molar-refractivity contribution in [3.05, 3.63) is 45.9 Å². The van der Waals surface area contributed by atoms with Crippen LogP contribution >= 0.6 is 11.6 Å². The Morgan fingerprint density at radius 2 is 2.07 bits per heavy atom. The van der Waals surface area contributed by atoms with Gasteiger partial charge in [0.25, 0.3) is 0 Å². The standard InChI is InChI=1S/C20H22ClN3O4/c1-24(20(26)9-8-11-6-7-13(27-2)10-14(11)20)18-15(21)16(19(25)28-3)22-17(23-18)12-4-5-12/h6-7,10,12,26H,4-5,8-9H2,1-3H3. The average Bonchev–Trinajstić information content (AvgIpc) is 3.51. The average molecular weight is 404 g/mol. The van der Waals surface area contributed by atoms with Crippen LogP contribution in [0.2, 0.25) is 5.02 Å². The van der Waals surface area contributed by atoms with E-state index in [0.717, 1.165) is 24.0 Å². The Balaban J connectivity index is 1.82. The van der Waals surface area contributed by atoms with Crippen molar-refractivity contribution in [3.8, 4) is 5.75 Å². The van der Waals surface area contributed by atoms with Crippen LogP contribution in [0.25, 0.3) is 0 Å². The van der Waals surface area contributed by atoms with Crippen LogP contribution in [0.4, 0.5) is 5.82 Å². The lowest BCUT2D eigenvalue weighted by atomic mass is 10.0. The number of nitrogens with zero attached hydrogens (tertiary/aromatic N) is 3. The number of anilines is 1. The molecule has 0 spiro atoms. The number of esters is 1. The number of halogens is 1. The lowest BCUT2D eigenvalue weighted by Crippen LogP contribution is -2.43. The Bertz CT molecular complexity index is 947. The molecule has 1 heterocycles. The van der Waals surface area contributed by atoms with E-state index >= 15 is 0 Å². The van der Waals surface area contributed by atoms with Crippen LogP contribution in [-0.2, 0) is 16.9 Å².